The summed E-state index contributed by atoms with van der Waals surface area (Å²) in [6.07, 6.45) is 2.48. The maximum Gasteiger partial charge on any atom is 0.273 e. The largest absolute Gasteiger partial charge is 0.448 e. The lowest BCUT2D eigenvalue weighted by Crippen LogP contribution is -2.34. The minimum atomic E-state index is -0.161. The van der Waals surface area contributed by atoms with Gasteiger partial charge in [-0.1, -0.05) is 24.3 Å². The average Bonchev–Trinajstić information content (AvgIpc) is 3.17. The first-order valence-electron chi connectivity index (χ1n) is 8.11. The zero-order chi connectivity index (χ0) is 16.2. The average molecular weight is 313 g/mol. The van der Waals surface area contributed by atoms with E-state index in [0.717, 1.165) is 19.6 Å². The van der Waals surface area contributed by atoms with E-state index in [1.54, 1.807) is 6.92 Å². The number of likely N-dealkylation sites (tertiary alicyclic amines) is 1. The highest BCUT2D eigenvalue weighted by Crippen LogP contribution is 2.28. The number of benzene rings is 1. The quantitative estimate of drug-likeness (QED) is 0.921. The molecule has 1 atom stereocenters. The number of aryl methyl sites for hydroxylation is 2. The summed E-state index contributed by atoms with van der Waals surface area (Å²) in [7, 11) is 0. The van der Waals surface area contributed by atoms with Crippen LogP contribution in [0, 0.1) is 13.8 Å². The lowest BCUT2D eigenvalue weighted by atomic mass is 9.94. The van der Waals surface area contributed by atoms with Gasteiger partial charge in [-0.3, -0.25) is 4.79 Å². The highest BCUT2D eigenvalue weighted by molar-refractivity contribution is 5.92. The molecule has 2 aromatic rings. The van der Waals surface area contributed by atoms with Crippen molar-refractivity contribution in [1.29, 1.82) is 0 Å². The Morgan fingerprint density at radius 3 is 2.96 bits per heavy atom. The van der Waals surface area contributed by atoms with Crippen LogP contribution in [0.25, 0.3) is 0 Å². The Balaban J connectivity index is 1.47. The van der Waals surface area contributed by atoms with Gasteiger partial charge >= 0.3 is 0 Å². The van der Waals surface area contributed by atoms with Crippen molar-refractivity contribution < 1.29 is 9.21 Å². The fourth-order valence-electron chi connectivity index (χ4n) is 3.27. The van der Waals surface area contributed by atoms with Gasteiger partial charge in [-0.25, -0.2) is 4.98 Å². The van der Waals surface area contributed by atoms with Crippen molar-refractivity contribution in [3.8, 4) is 0 Å². The molecule has 5 heteroatoms. The Hall–Kier alpha value is -2.14. The van der Waals surface area contributed by atoms with Crippen LogP contribution in [-0.4, -0.2) is 42.0 Å². The molecule has 1 N–H and O–H groups in total. The fraction of sp³-hybridized carbons (Fsp3) is 0.444. The van der Waals surface area contributed by atoms with Crippen LogP contribution in [0.5, 0.6) is 0 Å². The molecular formula is C18H23N3O2. The van der Waals surface area contributed by atoms with E-state index in [1.165, 1.54) is 23.9 Å². The Labute approximate surface area is 136 Å². The van der Waals surface area contributed by atoms with E-state index in [4.69, 9.17) is 4.42 Å². The van der Waals surface area contributed by atoms with Gasteiger partial charge in [0.2, 0.25) is 0 Å². The molecule has 1 aliphatic rings. The summed E-state index contributed by atoms with van der Waals surface area (Å²) in [5.41, 5.74) is 3.20. The summed E-state index contributed by atoms with van der Waals surface area (Å²) >= 11 is 0. The molecule has 3 rings (SSSR count). The Bertz CT molecular complexity index is 680. The van der Waals surface area contributed by atoms with Gasteiger partial charge in [-0.05, 0) is 43.9 Å². The van der Waals surface area contributed by atoms with Gasteiger partial charge in [0, 0.05) is 19.6 Å². The lowest BCUT2D eigenvalue weighted by molar-refractivity contribution is 0.0944. The zero-order valence-corrected chi connectivity index (χ0v) is 13.7. The Morgan fingerprint density at radius 2 is 2.22 bits per heavy atom. The monoisotopic (exact) mass is 313 g/mol. The number of hydrogen-bond acceptors (Lipinski definition) is 4. The smallest absolute Gasteiger partial charge is 0.273 e. The number of nitrogens with one attached hydrogen (secondary N) is 1. The summed E-state index contributed by atoms with van der Waals surface area (Å²) in [4.78, 5) is 18.3. The summed E-state index contributed by atoms with van der Waals surface area (Å²) < 4.78 is 5.06. The normalized spacial score (nSPS) is 18.3. The van der Waals surface area contributed by atoms with Gasteiger partial charge in [-0.2, -0.15) is 0 Å². The molecule has 1 unspecified atom stereocenters. The Morgan fingerprint density at radius 1 is 1.39 bits per heavy atom. The molecule has 1 fully saturated rings. The molecule has 2 heterocycles. The van der Waals surface area contributed by atoms with E-state index in [2.05, 4.69) is 46.4 Å². The second-order valence-electron chi connectivity index (χ2n) is 6.16. The van der Waals surface area contributed by atoms with E-state index in [-0.39, 0.29) is 5.91 Å². The molecule has 1 aliphatic heterocycles. The number of carbonyl (C=O) groups is 1. The number of carbonyl (C=O) groups excluding carboxylic acids is 1. The minimum Gasteiger partial charge on any atom is -0.448 e. The maximum absolute atomic E-state index is 12.0. The van der Waals surface area contributed by atoms with Crippen molar-refractivity contribution >= 4 is 5.91 Å². The molecule has 0 radical (unpaired) electrons. The topological polar surface area (TPSA) is 58.4 Å². The van der Waals surface area contributed by atoms with Crippen molar-refractivity contribution in [1.82, 2.24) is 15.2 Å². The minimum absolute atomic E-state index is 0.161. The predicted molar refractivity (Wildman–Crippen MR) is 88.6 cm³/mol. The number of oxazole rings is 1. The van der Waals surface area contributed by atoms with Crippen molar-refractivity contribution in [2.45, 2.75) is 26.2 Å². The van der Waals surface area contributed by atoms with Gasteiger partial charge < -0.3 is 14.6 Å². The van der Waals surface area contributed by atoms with Crippen LogP contribution in [0.2, 0.25) is 0 Å². The molecule has 122 valence electrons. The highest BCUT2D eigenvalue weighted by atomic mass is 16.3. The van der Waals surface area contributed by atoms with E-state index >= 15 is 0 Å². The second-order valence-corrected chi connectivity index (χ2v) is 6.16. The van der Waals surface area contributed by atoms with Crippen LogP contribution in [0.4, 0.5) is 0 Å². The van der Waals surface area contributed by atoms with Crippen molar-refractivity contribution in [3.05, 3.63) is 53.2 Å². The molecule has 1 amide bonds. The summed E-state index contributed by atoms with van der Waals surface area (Å²) in [6.45, 7) is 7.56. The molecule has 23 heavy (non-hydrogen) atoms. The molecule has 0 spiro atoms. The van der Waals surface area contributed by atoms with E-state index in [0.29, 0.717) is 23.9 Å². The van der Waals surface area contributed by atoms with Gasteiger partial charge in [0.1, 0.15) is 5.76 Å². The van der Waals surface area contributed by atoms with Crippen molar-refractivity contribution in [2.75, 3.05) is 26.2 Å². The summed E-state index contributed by atoms with van der Waals surface area (Å²) in [5, 5.41) is 2.92. The van der Waals surface area contributed by atoms with E-state index in [9.17, 15) is 4.79 Å². The Kier molecular flexibility index (Phi) is 4.76. The number of amides is 1. The van der Waals surface area contributed by atoms with Crippen LogP contribution in [-0.2, 0) is 0 Å². The van der Waals surface area contributed by atoms with Gasteiger partial charge in [-0.15, -0.1) is 0 Å². The van der Waals surface area contributed by atoms with Crippen LogP contribution in [0.15, 0.2) is 35.1 Å². The third-order valence-corrected chi connectivity index (χ3v) is 4.57. The SMILES string of the molecule is Cc1ccccc1C1CCN(CCNC(=O)c2ncoc2C)C1. The fourth-order valence-corrected chi connectivity index (χ4v) is 3.27. The van der Waals surface area contributed by atoms with E-state index in [1.807, 2.05) is 0 Å². The molecule has 0 aliphatic carbocycles. The molecule has 1 saturated heterocycles. The maximum atomic E-state index is 12.0. The third kappa shape index (κ3) is 3.62. The van der Waals surface area contributed by atoms with Crippen molar-refractivity contribution in [2.24, 2.45) is 0 Å². The first-order chi connectivity index (χ1) is 11.1. The standard InChI is InChI=1S/C18H23N3O2/c1-13-5-3-4-6-16(13)15-7-9-21(11-15)10-8-19-18(22)17-14(2)23-12-20-17/h3-6,12,15H,7-11H2,1-2H3,(H,19,22). The van der Waals surface area contributed by atoms with Crippen LogP contribution >= 0.6 is 0 Å². The van der Waals surface area contributed by atoms with Crippen molar-refractivity contribution in [3.63, 3.8) is 0 Å². The zero-order valence-electron chi connectivity index (χ0n) is 13.7. The highest BCUT2D eigenvalue weighted by Gasteiger charge is 2.24. The molecule has 5 nitrogen and oxygen atoms in total. The van der Waals surface area contributed by atoms with Gasteiger partial charge in [0.25, 0.3) is 5.91 Å². The van der Waals surface area contributed by atoms with Gasteiger partial charge in [0.05, 0.1) is 0 Å². The summed E-state index contributed by atoms with van der Waals surface area (Å²) in [5.74, 6) is 0.999. The molecule has 0 bridgehead atoms. The number of nitrogens with zero attached hydrogens (tertiary/aromatic N) is 2. The summed E-state index contributed by atoms with van der Waals surface area (Å²) in [6, 6.07) is 8.62. The van der Waals surface area contributed by atoms with Crippen LogP contribution in [0.3, 0.4) is 0 Å². The number of hydrogen-bond donors (Lipinski definition) is 1. The second kappa shape index (κ2) is 6.96. The first kappa shape index (κ1) is 15.7. The molecule has 1 aromatic carbocycles. The third-order valence-electron chi connectivity index (χ3n) is 4.57. The molecule has 0 saturated carbocycles. The van der Waals surface area contributed by atoms with Gasteiger partial charge in [0.15, 0.2) is 12.1 Å². The number of rotatable bonds is 5. The molecule has 1 aromatic heterocycles. The first-order valence-corrected chi connectivity index (χ1v) is 8.11. The van der Waals surface area contributed by atoms with Crippen LogP contribution in [0.1, 0.15) is 39.7 Å². The van der Waals surface area contributed by atoms with Crippen LogP contribution < -0.4 is 5.32 Å². The predicted octanol–water partition coefficient (Wildman–Crippen LogP) is 2.51. The van der Waals surface area contributed by atoms with E-state index < -0.39 is 0 Å². The number of aromatic nitrogens is 1. The lowest BCUT2D eigenvalue weighted by Gasteiger charge is -2.17. The molecular weight excluding hydrogens is 290 g/mol.